The molecule has 4 unspecified atom stereocenters. The molecule has 41 heavy (non-hydrogen) atoms. The summed E-state index contributed by atoms with van der Waals surface area (Å²) in [5.41, 5.74) is 5.29. The van der Waals surface area contributed by atoms with Gasteiger partial charge in [-0.1, -0.05) is 42.8 Å². The third-order valence-electron chi connectivity index (χ3n) is 9.22. The first-order chi connectivity index (χ1) is 19.7. The van der Waals surface area contributed by atoms with Gasteiger partial charge in [-0.05, 0) is 78.6 Å². The number of Topliss-reactive ketones (excluding diaryl/α,β-unsaturated/α-hetero) is 1. The van der Waals surface area contributed by atoms with E-state index in [1.54, 1.807) is 31.4 Å². The van der Waals surface area contributed by atoms with E-state index in [0.29, 0.717) is 28.9 Å². The Kier molecular flexibility index (Phi) is 7.85. The largest absolute Gasteiger partial charge is 0.508 e. The summed E-state index contributed by atoms with van der Waals surface area (Å²) in [6.07, 6.45) is 11.3. The molecule has 4 aliphatic rings. The zero-order valence-electron chi connectivity index (χ0n) is 23.8. The highest BCUT2D eigenvalue weighted by Crippen LogP contribution is 2.57. The SMILES string of the molecule is C=CC(C1=CC(=O)C(OC)=CC1=O)c1ccc(OC)cc1.CC12CCC3C(=CCc4cc(O)ccc43)C1CCC2=O. The molecule has 2 aromatic carbocycles. The van der Waals surface area contributed by atoms with E-state index < -0.39 is 0 Å². The zero-order chi connectivity index (χ0) is 29.3. The number of benzene rings is 2. The minimum atomic E-state index is -0.345. The number of carbonyl (C=O) groups excluding carboxylic acids is 3. The number of phenols is 1. The first kappa shape index (κ1) is 28.3. The molecule has 0 aromatic heterocycles. The quantitative estimate of drug-likeness (QED) is 0.345. The second-order valence-electron chi connectivity index (χ2n) is 11.3. The normalized spacial score (nSPS) is 25.2. The minimum absolute atomic E-state index is 0.0568. The van der Waals surface area contributed by atoms with E-state index in [1.165, 1.54) is 36.0 Å². The van der Waals surface area contributed by atoms with Crippen LogP contribution in [0.25, 0.3) is 0 Å². The van der Waals surface area contributed by atoms with Crippen LogP contribution in [0.4, 0.5) is 0 Å². The van der Waals surface area contributed by atoms with E-state index in [-0.39, 0.29) is 28.7 Å². The highest BCUT2D eigenvalue weighted by Gasteiger charge is 2.52. The number of hydrogen-bond donors (Lipinski definition) is 1. The summed E-state index contributed by atoms with van der Waals surface area (Å²) in [6, 6.07) is 13.1. The van der Waals surface area contributed by atoms with Gasteiger partial charge in [-0.15, -0.1) is 6.58 Å². The van der Waals surface area contributed by atoms with Crippen molar-refractivity contribution in [2.75, 3.05) is 14.2 Å². The van der Waals surface area contributed by atoms with Crippen LogP contribution in [0.5, 0.6) is 11.5 Å². The van der Waals surface area contributed by atoms with E-state index in [4.69, 9.17) is 9.47 Å². The molecular formula is C35H36O6. The summed E-state index contributed by atoms with van der Waals surface area (Å²) in [6.45, 7) is 5.94. The first-order valence-electron chi connectivity index (χ1n) is 14.1. The second-order valence-corrected chi connectivity index (χ2v) is 11.3. The fraction of sp³-hybridized carbons (Fsp3) is 0.343. The van der Waals surface area contributed by atoms with Crippen LogP contribution in [-0.4, -0.2) is 36.7 Å². The average Bonchev–Trinajstić information content (AvgIpc) is 3.29. The molecule has 0 bridgehead atoms. The summed E-state index contributed by atoms with van der Waals surface area (Å²) < 4.78 is 9.98. The number of carbonyl (C=O) groups is 3. The summed E-state index contributed by atoms with van der Waals surface area (Å²) in [5, 5.41) is 9.64. The molecule has 2 fully saturated rings. The van der Waals surface area contributed by atoms with Crippen LogP contribution >= 0.6 is 0 Å². The van der Waals surface area contributed by atoms with Gasteiger partial charge in [-0.25, -0.2) is 0 Å². The number of fused-ring (bicyclic) bond motifs is 5. The number of ketones is 3. The lowest BCUT2D eigenvalue weighted by atomic mass is 9.60. The van der Waals surface area contributed by atoms with Crippen LogP contribution in [0.1, 0.15) is 61.1 Å². The molecule has 0 radical (unpaired) electrons. The van der Waals surface area contributed by atoms with Crippen molar-refractivity contribution in [3.63, 3.8) is 0 Å². The summed E-state index contributed by atoms with van der Waals surface area (Å²) in [4.78, 5) is 36.2. The molecule has 0 heterocycles. The molecule has 0 spiro atoms. The molecule has 6 rings (SSSR count). The van der Waals surface area contributed by atoms with Gasteiger partial charge in [0.2, 0.25) is 5.78 Å². The summed E-state index contributed by atoms with van der Waals surface area (Å²) in [7, 11) is 2.95. The van der Waals surface area contributed by atoms with Gasteiger partial charge in [0.15, 0.2) is 11.5 Å². The monoisotopic (exact) mass is 552 g/mol. The molecule has 0 saturated heterocycles. The predicted octanol–water partition coefficient (Wildman–Crippen LogP) is 6.31. The van der Waals surface area contributed by atoms with Gasteiger partial charge in [-0.3, -0.25) is 14.4 Å². The maximum Gasteiger partial charge on any atom is 0.220 e. The Hall–Kier alpha value is -4.19. The summed E-state index contributed by atoms with van der Waals surface area (Å²) >= 11 is 0. The van der Waals surface area contributed by atoms with Crippen LogP contribution in [0, 0.1) is 11.3 Å². The third-order valence-corrected chi connectivity index (χ3v) is 9.22. The Morgan fingerprint density at radius 1 is 1.00 bits per heavy atom. The number of allylic oxidation sites excluding steroid dienone is 6. The van der Waals surface area contributed by atoms with Crippen LogP contribution in [0.3, 0.4) is 0 Å². The van der Waals surface area contributed by atoms with Crippen molar-refractivity contribution in [1.29, 1.82) is 0 Å². The van der Waals surface area contributed by atoms with E-state index >= 15 is 0 Å². The molecule has 2 aromatic rings. The predicted molar refractivity (Wildman–Crippen MR) is 157 cm³/mol. The Balaban J connectivity index is 0.000000165. The van der Waals surface area contributed by atoms with Crippen molar-refractivity contribution in [2.45, 2.75) is 50.9 Å². The van der Waals surface area contributed by atoms with Crippen LogP contribution in [0.2, 0.25) is 0 Å². The number of methoxy groups -OCH3 is 2. The third kappa shape index (κ3) is 5.19. The number of hydrogen-bond acceptors (Lipinski definition) is 6. The van der Waals surface area contributed by atoms with Gasteiger partial charge in [0.25, 0.3) is 0 Å². The van der Waals surface area contributed by atoms with Crippen molar-refractivity contribution in [2.24, 2.45) is 11.3 Å². The van der Waals surface area contributed by atoms with E-state index in [1.807, 2.05) is 18.2 Å². The minimum Gasteiger partial charge on any atom is -0.508 e. The molecule has 4 aliphatic carbocycles. The average molecular weight is 553 g/mol. The van der Waals surface area contributed by atoms with Gasteiger partial charge in [0, 0.05) is 35.3 Å². The second kappa shape index (κ2) is 11.4. The maximum atomic E-state index is 12.2. The lowest BCUT2D eigenvalue weighted by Crippen LogP contribution is -2.37. The Morgan fingerprint density at radius 3 is 2.44 bits per heavy atom. The molecule has 0 amide bonds. The Bertz CT molecular complexity index is 1490. The fourth-order valence-electron chi connectivity index (χ4n) is 6.95. The van der Waals surface area contributed by atoms with Gasteiger partial charge in [0.1, 0.15) is 17.3 Å². The number of phenolic OH excluding ortho intramolecular Hbond substituents is 1. The molecule has 1 N–H and O–H groups in total. The van der Waals surface area contributed by atoms with Crippen molar-refractivity contribution in [3.8, 4) is 11.5 Å². The Labute approximate surface area is 241 Å². The standard InChI is InChI=1S/C18H20O2.C17H16O4/c1-18-9-8-14-13-5-3-12(19)10-11(13)2-4-15(14)16(18)6-7-17(18)20;1-4-13(11-5-7-12(20-2)8-6-11)14-9-16(19)17(21-3)10-15(14)18/h3-5,10,14,16,19H,2,6-9H2,1H3;4-10,13H,1H2,2-3H3. The number of ether oxygens (including phenoxy) is 2. The molecule has 212 valence electrons. The maximum absolute atomic E-state index is 12.2. The van der Waals surface area contributed by atoms with E-state index in [0.717, 1.165) is 43.4 Å². The molecule has 6 heteroatoms. The van der Waals surface area contributed by atoms with E-state index in [9.17, 15) is 19.5 Å². The zero-order valence-corrected chi connectivity index (χ0v) is 23.8. The smallest absolute Gasteiger partial charge is 0.220 e. The van der Waals surface area contributed by atoms with Gasteiger partial charge in [0.05, 0.1) is 14.2 Å². The lowest BCUT2D eigenvalue weighted by molar-refractivity contribution is -0.127. The Morgan fingerprint density at radius 2 is 1.76 bits per heavy atom. The van der Waals surface area contributed by atoms with E-state index in [2.05, 4.69) is 25.6 Å². The highest BCUT2D eigenvalue weighted by molar-refractivity contribution is 6.19. The van der Waals surface area contributed by atoms with Crippen LogP contribution < -0.4 is 4.74 Å². The van der Waals surface area contributed by atoms with Gasteiger partial charge >= 0.3 is 0 Å². The number of rotatable bonds is 5. The lowest BCUT2D eigenvalue weighted by Gasteiger charge is -2.43. The topological polar surface area (TPSA) is 89.9 Å². The van der Waals surface area contributed by atoms with Gasteiger partial charge in [-0.2, -0.15) is 0 Å². The van der Waals surface area contributed by atoms with Crippen molar-refractivity contribution in [1.82, 2.24) is 0 Å². The molecule has 0 aliphatic heterocycles. The van der Waals surface area contributed by atoms with Gasteiger partial charge < -0.3 is 14.6 Å². The van der Waals surface area contributed by atoms with Crippen LogP contribution in [0.15, 0.2) is 90.3 Å². The first-order valence-corrected chi connectivity index (χ1v) is 14.1. The van der Waals surface area contributed by atoms with Crippen molar-refractivity contribution in [3.05, 3.63) is 107 Å². The van der Waals surface area contributed by atoms with Crippen molar-refractivity contribution >= 4 is 17.3 Å². The molecule has 4 atom stereocenters. The summed E-state index contributed by atoms with van der Waals surface area (Å²) in [5.74, 6) is 1.64. The van der Waals surface area contributed by atoms with Crippen LogP contribution in [-0.2, 0) is 25.5 Å². The fourth-order valence-corrected chi connectivity index (χ4v) is 6.95. The number of aromatic hydroxyl groups is 1. The molecule has 6 nitrogen and oxygen atoms in total. The molecule has 2 saturated carbocycles. The molecular weight excluding hydrogens is 516 g/mol. The highest BCUT2D eigenvalue weighted by atomic mass is 16.5. The van der Waals surface area contributed by atoms with Crippen molar-refractivity contribution < 1.29 is 29.0 Å².